The number of amides is 1. The van der Waals surface area contributed by atoms with Crippen LogP contribution in [-0.4, -0.2) is 32.1 Å². The summed E-state index contributed by atoms with van der Waals surface area (Å²) in [5.41, 5.74) is 6.17. The Morgan fingerprint density at radius 2 is 2.20 bits per heavy atom. The summed E-state index contributed by atoms with van der Waals surface area (Å²) < 4.78 is 22.6. The van der Waals surface area contributed by atoms with Gasteiger partial charge in [0.2, 0.25) is 5.91 Å². The minimum Gasteiger partial charge on any atom is -0.330 e. The van der Waals surface area contributed by atoms with Crippen LogP contribution in [0.5, 0.6) is 0 Å². The highest BCUT2D eigenvalue weighted by Gasteiger charge is 2.31. The predicted octanol–water partition coefficient (Wildman–Crippen LogP) is 0.799. The lowest BCUT2D eigenvalue weighted by atomic mass is 9.95. The van der Waals surface area contributed by atoms with Crippen LogP contribution >= 0.6 is 0 Å². The Morgan fingerprint density at radius 1 is 1.45 bits per heavy atom. The van der Waals surface area contributed by atoms with E-state index < -0.39 is 9.84 Å². The van der Waals surface area contributed by atoms with Crippen molar-refractivity contribution in [2.45, 2.75) is 24.3 Å². The van der Waals surface area contributed by atoms with Crippen molar-refractivity contribution in [1.82, 2.24) is 4.98 Å². The molecule has 0 aliphatic heterocycles. The standard InChI is InChI=1S/C13H19N3O3S/c1-20(18,19)12-6-5-10(8-15-12)16-13(17)11-4-2-3-9(11)7-14/h5-6,8-9,11H,2-4,7,14H2,1H3,(H,16,17)/t9-,11-/m1/s1. The first kappa shape index (κ1) is 14.9. The zero-order chi connectivity index (χ0) is 14.8. The third-order valence-corrected chi connectivity index (χ3v) is 4.68. The molecule has 0 saturated heterocycles. The lowest BCUT2D eigenvalue weighted by Gasteiger charge is -2.17. The van der Waals surface area contributed by atoms with Crippen LogP contribution in [0.3, 0.4) is 0 Å². The van der Waals surface area contributed by atoms with Crippen molar-refractivity contribution in [2.24, 2.45) is 17.6 Å². The van der Waals surface area contributed by atoms with Gasteiger partial charge in [-0.2, -0.15) is 0 Å². The molecule has 1 fully saturated rings. The van der Waals surface area contributed by atoms with E-state index >= 15 is 0 Å². The van der Waals surface area contributed by atoms with E-state index in [9.17, 15) is 13.2 Å². The highest BCUT2D eigenvalue weighted by atomic mass is 32.2. The van der Waals surface area contributed by atoms with Crippen LogP contribution in [0.4, 0.5) is 5.69 Å². The number of carbonyl (C=O) groups is 1. The van der Waals surface area contributed by atoms with Crippen molar-refractivity contribution in [3.05, 3.63) is 18.3 Å². The number of carbonyl (C=O) groups excluding carboxylic acids is 1. The molecule has 1 saturated carbocycles. The van der Waals surface area contributed by atoms with Crippen LogP contribution in [0, 0.1) is 11.8 Å². The van der Waals surface area contributed by atoms with Gasteiger partial charge in [-0.3, -0.25) is 4.79 Å². The number of pyridine rings is 1. The van der Waals surface area contributed by atoms with Gasteiger partial charge in [-0.1, -0.05) is 6.42 Å². The van der Waals surface area contributed by atoms with Crippen molar-refractivity contribution in [1.29, 1.82) is 0 Å². The molecule has 6 nitrogen and oxygen atoms in total. The molecule has 2 rings (SSSR count). The second-order valence-corrected chi connectivity index (χ2v) is 7.14. The SMILES string of the molecule is CS(=O)(=O)c1ccc(NC(=O)[C@@H]2CCC[C@@H]2CN)cn1. The molecule has 2 atom stereocenters. The second kappa shape index (κ2) is 5.88. The maximum atomic E-state index is 12.2. The molecule has 1 heterocycles. The number of nitrogens with zero attached hydrogens (tertiary/aromatic N) is 1. The van der Waals surface area contributed by atoms with Crippen molar-refractivity contribution >= 4 is 21.4 Å². The van der Waals surface area contributed by atoms with Crippen molar-refractivity contribution in [2.75, 3.05) is 18.1 Å². The van der Waals surface area contributed by atoms with Crippen LogP contribution in [0.1, 0.15) is 19.3 Å². The molecular weight excluding hydrogens is 278 g/mol. The molecule has 0 bridgehead atoms. The van der Waals surface area contributed by atoms with Crippen molar-refractivity contribution < 1.29 is 13.2 Å². The Hall–Kier alpha value is -1.47. The number of rotatable bonds is 4. The molecule has 0 radical (unpaired) electrons. The molecule has 1 aromatic heterocycles. The number of anilines is 1. The van der Waals surface area contributed by atoms with Gasteiger partial charge in [0.1, 0.15) is 0 Å². The molecule has 1 aliphatic rings. The zero-order valence-corrected chi connectivity index (χ0v) is 12.2. The highest BCUT2D eigenvalue weighted by molar-refractivity contribution is 7.90. The normalized spacial score (nSPS) is 22.7. The molecule has 1 amide bonds. The Balaban J connectivity index is 2.05. The Bertz CT molecular complexity index is 583. The lowest BCUT2D eigenvalue weighted by molar-refractivity contribution is -0.120. The first-order valence-corrected chi connectivity index (χ1v) is 8.48. The molecule has 20 heavy (non-hydrogen) atoms. The van der Waals surface area contributed by atoms with E-state index in [0.29, 0.717) is 12.2 Å². The number of hydrogen-bond donors (Lipinski definition) is 2. The van der Waals surface area contributed by atoms with Crippen molar-refractivity contribution in [3.8, 4) is 0 Å². The molecular formula is C13H19N3O3S. The Labute approximate surface area is 118 Å². The van der Waals surface area contributed by atoms with E-state index in [2.05, 4.69) is 10.3 Å². The quantitative estimate of drug-likeness (QED) is 0.855. The van der Waals surface area contributed by atoms with E-state index in [1.54, 1.807) is 6.07 Å². The molecule has 0 spiro atoms. The third kappa shape index (κ3) is 3.34. The molecule has 1 aliphatic carbocycles. The number of aromatic nitrogens is 1. The fourth-order valence-corrected chi connectivity index (χ4v) is 3.13. The summed E-state index contributed by atoms with van der Waals surface area (Å²) in [5, 5.41) is 2.77. The summed E-state index contributed by atoms with van der Waals surface area (Å²) in [4.78, 5) is 16.0. The molecule has 7 heteroatoms. The monoisotopic (exact) mass is 297 g/mol. The summed E-state index contributed by atoms with van der Waals surface area (Å²) >= 11 is 0. The maximum absolute atomic E-state index is 12.2. The van der Waals surface area contributed by atoms with Gasteiger partial charge in [0.05, 0.1) is 11.9 Å². The molecule has 0 unspecified atom stereocenters. The Kier molecular flexibility index (Phi) is 4.39. The highest BCUT2D eigenvalue weighted by Crippen LogP contribution is 2.31. The zero-order valence-electron chi connectivity index (χ0n) is 11.4. The van der Waals surface area contributed by atoms with E-state index in [0.717, 1.165) is 25.5 Å². The smallest absolute Gasteiger partial charge is 0.227 e. The fourth-order valence-electron chi connectivity index (χ4n) is 2.57. The number of hydrogen-bond acceptors (Lipinski definition) is 5. The molecule has 0 aromatic carbocycles. The number of nitrogens with one attached hydrogen (secondary N) is 1. The van der Waals surface area contributed by atoms with E-state index in [1.165, 1.54) is 12.3 Å². The van der Waals surface area contributed by atoms with Gasteiger partial charge in [-0.25, -0.2) is 13.4 Å². The van der Waals surface area contributed by atoms with Gasteiger partial charge in [0.25, 0.3) is 0 Å². The fraction of sp³-hybridized carbons (Fsp3) is 0.538. The minimum atomic E-state index is -3.32. The van der Waals surface area contributed by atoms with Crippen LogP contribution < -0.4 is 11.1 Å². The molecule has 3 N–H and O–H groups in total. The van der Waals surface area contributed by atoms with Crippen LogP contribution in [0.15, 0.2) is 23.4 Å². The average Bonchev–Trinajstić information content (AvgIpc) is 2.86. The Morgan fingerprint density at radius 3 is 2.75 bits per heavy atom. The summed E-state index contributed by atoms with van der Waals surface area (Å²) in [6, 6.07) is 2.94. The summed E-state index contributed by atoms with van der Waals surface area (Å²) in [7, 11) is -3.32. The summed E-state index contributed by atoms with van der Waals surface area (Å²) in [6.07, 6.45) is 5.31. The van der Waals surface area contributed by atoms with E-state index in [4.69, 9.17) is 5.73 Å². The van der Waals surface area contributed by atoms with Gasteiger partial charge in [-0.05, 0) is 37.4 Å². The first-order valence-electron chi connectivity index (χ1n) is 6.59. The van der Waals surface area contributed by atoms with Gasteiger partial charge >= 0.3 is 0 Å². The van der Waals surface area contributed by atoms with Gasteiger partial charge in [0, 0.05) is 12.2 Å². The minimum absolute atomic E-state index is 0.00352. The van der Waals surface area contributed by atoms with Crippen LogP contribution in [0.2, 0.25) is 0 Å². The summed E-state index contributed by atoms with van der Waals surface area (Å²) in [5.74, 6) is 0.111. The van der Waals surface area contributed by atoms with Crippen LogP contribution in [-0.2, 0) is 14.6 Å². The van der Waals surface area contributed by atoms with E-state index in [1.807, 2.05) is 0 Å². The number of nitrogens with two attached hydrogens (primary N) is 1. The average molecular weight is 297 g/mol. The topological polar surface area (TPSA) is 102 Å². The van der Waals surface area contributed by atoms with Crippen molar-refractivity contribution in [3.63, 3.8) is 0 Å². The predicted molar refractivity (Wildman–Crippen MR) is 75.9 cm³/mol. The van der Waals surface area contributed by atoms with Gasteiger partial charge in [-0.15, -0.1) is 0 Å². The largest absolute Gasteiger partial charge is 0.330 e. The molecule has 1 aromatic rings. The van der Waals surface area contributed by atoms with Gasteiger partial charge < -0.3 is 11.1 Å². The van der Waals surface area contributed by atoms with Gasteiger partial charge in [0.15, 0.2) is 14.9 Å². The number of sulfone groups is 1. The molecule has 110 valence electrons. The third-order valence-electron chi connectivity index (χ3n) is 3.68. The van der Waals surface area contributed by atoms with E-state index in [-0.39, 0.29) is 22.8 Å². The maximum Gasteiger partial charge on any atom is 0.227 e. The lowest BCUT2D eigenvalue weighted by Crippen LogP contribution is -2.29. The second-order valence-electron chi connectivity index (χ2n) is 5.18. The van der Waals surface area contributed by atoms with Crippen LogP contribution in [0.25, 0.3) is 0 Å². The summed E-state index contributed by atoms with van der Waals surface area (Å²) in [6.45, 7) is 0.517. The first-order chi connectivity index (χ1) is 9.41.